The number of furan rings is 1. The normalized spacial score (nSPS) is 25.9. The first kappa shape index (κ1) is 9.53. The lowest BCUT2D eigenvalue weighted by molar-refractivity contribution is 0.128. The minimum absolute atomic E-state index is 0.0876. The Hall–Kier alpha value is -1.02. The van der Waals surface area contributed by atoms with Crippen LogP contribution in [0.25, 0.3) is 5.57 Å². The van der Waals surface area contributed by atoms with Crippen LogP contribution in [0, 0.1) is 5.41 Å². The highest BCUT2D eigenvalue weighted by atomic mass is 16.3. The zero-order chi connectivity index (χ0) is 10.2. The molecule has 1 heterocycles. The molecule has 76 valence electrons. The van der Waals surface area contributed by atoms with E-state index in [0.29, 0.717) is 0 Å². The van der Waals surface area contributed by atoms with Crippen LogP contribution in [0.5, 0.6) is 0 Å². The third-order valence-corrected chi connectivity index (χ3v) is 2.67. The zero-order valence-corrected chi connectivity index (χ0v) is 8.66. The van der Waals surface area contributed by atoms with Crippen LogP contribution < -0.4 is 0 Å². The largest absolute Gasteiger partial charge is 0.472 e. The van der Waals surface area contributed by atoms with E-state index in [-0.39, 0.29) is 11.5 Å². The summed E-state index contributed by atoms with van der Waals surface area (Å²) in [5.74, 6) is 0. The summed E-state index contributed by atoms with van der Waals surface area (Å²) >= 11 is 0. The van der Waals surface area contributed by atoms with Gasteiger partial charge < -0.3 is 9.52 Å². The molecule has 2 nitrogen and oxygen atoms in total. The fourth-order valence-electron chi connectivity index (χ4n) is 2.17. The van der Waals surface area contributed by atoms with Crippen molar-refractivity contribution in [1.82, 2.24) is 0 Å². The van der Waals surface area contributed by atoms with Gasteiger partial charge in [0.25, 0.3) is 0 Å². The highest BCUT2D eigenvalue weighted by Gasteiger charge is 2.27. The number of rotatable bonds is 1. The van der Waals surface area contributed by atoms with Gasteiger partial charge in [0, 0.05) is 5.56 Å². The lowest BCUT2D eigenvalue weighted by atomic mass is 9.77. The highest BCUT2D eigenvalue weighted by Crippen LogP contribution is 2.37. The summed E-state index contributed by atoms with van der Waals surface area (Å²) in [5.41, 5.74) is 2.38. The maximum absolute atomic E-state index is 9.74. The molecule has 0 spiro atoms. The van der Waals surface area contributed by atoms with Crippen LogP contribution >= 0.6 is 0 Å². The second-order valence-electron chi connectivity index (χ2n) is 4.73. The average molecular weight is 192 g/mol. The molecule has 0 bridgehead atoms. The Balaban J connectivity index is 2.31. The first-order valence-electron chi connectivity index (χ1n) is 4.99. The number of hydrogen-bond donors (Lipinski definition) is 1. The van der Waals surface area contributed by atoms with E-state index in [1.54, 1.807) is 12.5 Å². The smallest absolute Gasteiger partial charge is 0.0977 e. The Morgan fingerprint density at radius 3 is 2.86 bits per heavy atom. The van der Waals surface area contributed by atoms with Gasteiger partial charge in [-0.05, 0) is 29.9 Å². The van der Waals surface area contributed by atoms with Gasteiger partial charge in [0.2, 0.25) is 0 Å². The summed E-state index contributed by atoms with van der Waals surface area (Å²) in [6, 6.07) is 1.94. The third kappa shape index (κ3) is 1.90. The highest BCUT2D eigenvalue weighted by molar-refractivity contribution is 5.66. The minimum Gasteiger partial charge on any atom is -0.472 e. The molecule has 0 radical (unpaired) electrons. The van der Waals surface area contributed by atoms with Gasteiger partial charge in [-0.2, -0.15) is 0 Å². The Kier molecular flexibility index (Phi) is 2.23. The third-order valence-electron chi connectivity index (χ3n) is 2.67. The fraction of sp³-hybridized carbons (Fsp3) is 0.500. The molecule has 1 aliphatic carbocycles. The predicted molar refractivity (Wildman–Crippen MR) is 55.7 cm³/mol. The van der Waals surface area contributed by atoms with Crippen LogP contribution in [-0.2, 0) is 0 Å². The molecular weight excluding hydrogens is 176 g/mol. The molecule has 0 aliphatic heterocycles. The Morgan fingerprint density at radius 2 is 2.29 bits per heavy atom. The molecule has 0 fully saturated rings. The van der Waals surface area contributed by atoms with Crippen LogP contribution in [-0.4, -0.2) is 11.2 Å². The number of aliphatic hydroxyl groups is 1. The van der Waals surface area contributed by atoms with Gasteiger partial charge in [-0.15, -0.1) is 0 Å². The molecule has 1 aromatic heterocycles. The Morgan fingerprint density at radius 1 is 1.50 bits per heavy atom. The summed E-state index contributed by atoms with van der Waals surface area (Å²) in [6.45, 7) is 4.30. The summed E-state index contributed by atoms with van der Waals surface area (Å²) < 4.78 is 5.05. The lowest BCUT2D eigenvalue weighted by Crippen LogP contribution is -2.23. The van der Waals surface area contributed by atoms with Crippen molar-refractivity contribution in [3.63, 3.8) is 0 Å². The van der Waals surface area contributed by atoms with E-state index < -0.39 is 0 Å². The van der Waals surface area contributed by atoms with Crippen molar-refractivity contribution in [2.45, 2.75) is 32.8 Å². The van der Waals surface area contributed by atoms with Crippen LogP contribution in [0.15, 0.2) is 29.1 Å². The lowest BCUT2D eigenvalue weighted by Gasteiger charge is -2.30. The second kappa shape index (κ2) is 3.28. The molecule has 1 aliphatic rings. The van der Waals surface area contributed by atoms with Crippen LogP contribution in [0.2, 0.25) is 0 Å². The first-order chi connectivity index (χ1) is 6.57. The van der Waals surface area contributed by atoms with Gasteiger partial charge in [0.1, 0.15) is 0 Å². The van der Waals surface area contributed by atoms with Crippen molar-refractivity contribution in [2.24, 2.45) is 5.41 Å². The van der Waals surface area contributed by atoms with E-state index >= 15 is 0 Å². The van der Waals surface area contributed by atoms with E-state index in [2.05, 4.69) is 19.9 Å². The van der Waals surface area contributed by atoms with Crippen molar-refractivity contribution >= 4 is 5.57 Å². The van der Waals surface area contributed by atoms with Gasteiger partial charge in [-0.1, -0.05) is 19.9 Å². The predicted octanol–water partition coefficient (Wildman–Crippen LogP) is 2.84. The van der Waals surface area contributed by atoms with E-state index in [9.17, 15) is 5.11 Å². The number of hydrogen-bond acceptors (Lipinski definition) is 2. The average Bonchev–Trinajstić information content (AvgIpc) is 2.51. The Labute approximate surface area is 84.2 Å². The van der Waals surface area contributed by atoms with Crippen molar-refractivity contribution in [1.29, 1.82) is 0 Å². The van der Waals surface area contributed by atoms with Crippen molar-refractivity contribution in [2.75, 3.05) is 0 Å². The quantitative estimate of drug-likeness (QED) is 0.742. The second-order valence-corrected chi connectivity index (χ2v) is 4.73. The van der Waals surface area contributed by atoms with Crippen LogP contribution in [0.4, 0.5) is 0 Å². The number of allylic oxidation sites excluding steroid dienone is 1. The maximum atomic E-state index is 9.74. The molecule has 2 rings (SSSR count). The molecule has 0 saturated carbocycles. The van der Waals surface area contributed by atoms with E-state index in [1.165, 1.54) is 5.57 Å². The fourth-order valence-corrected chi connectivity index (χ4v) is 2.17. The SMILES string of the molecule is CC1(C)C=C(c2ccoc2)CC(O)C1. The van der Waals surface area contributed by atoms with Crippen LogP contribution in [0.3, 0.4) is 0 Å². The molecule has 0 aromatic carbocycles. The van der Waals surface area contributed by atoms with Crippen LogP contribution in [0.1, 0.15) is 32.3 Å². The summed E-state index contributed by atoms with van der Waals surface area (Å²) in [5, 5.41) is 9.74. The molecule has 0 saturated heterocycles. The van der Waals surface area contributed by atoms with Gasteiger partial charge in [0.15, 0.2) is 0 Å². The van der Waals surface area contributed by atoms with Crippen molar-refractivity contribution in [3.05, 3.63) is 30.2 Å². The van der Waals surface area contributed by atoms with Gasteiger partial charge >= 0.3 is 0 Å². The monoisotopic (exact) mass is 192 g/mol. The molecular formula is C12H16O2. The van der Waals surface area contributed by atoms with Crippen molar-refractivity contribution in [3.8, 4) is 0 Å². The van der Waals surface area contributed by atoms with Crippen molar-refractivity contribution < 1.29 is 9.52 Å². The molecule has 14 heavy (non-hydrogen) atoms. The molecule has 2 heteroatoms. The van der Waals surface area contributed by atoms with E-state index in [1.807, 2.05) is 6.07 Å². The topological polar surface area (TPSA) is 33.4 Å². The van der Waals surface area contributed by atoms with E-state index in [0.717, 1.165) is 18.4 Å². The molecule has 0 amide bonds. The summed E-state index contributed by atoms with van der Waals surface area (Å²) in [4.78, 5) is 0. The molecule has 1 aromatic rings. The molecule has 1 unspecified atom stereocenters. The summed E-state index contributed by atoms with van der Waals surface area (Å²) in [7, 11) is 0. The Bertz CT molecular complexity index is 333. The van der Waals surface area contributed by atoms with Gasteiger partial charge in [-0.25, -0.2) is 0 Å². The minimum atomic E-state index is -0.222. The van der Waals surface area contributed by atoms with Gasteiger partial charge in [-0.3, -0.25) is 0 Å². The maximum Gasteiger partial charge on any atom is 0.0977 e. The standard InChI is InChI=1S/C12H16O2/c1-12(2)6-10(5-11(13)7-12)9-3-4-14-8-9/h3-4,6,8,11,13H,5,7H2,1-2H3. The molecule has 1 atom stereocenters. The molecule has 1 N–H and O–H groups in total. The first-order valence-corrected chi connectivity index (χ1v) is 4.99. The number of aliphatic hydroxyl groups excluding tert-OH is 1. The van der Waals surface area contributed by atoms with E-state index in [4.69, 9.17) is 4.42 Å². The summed E-state index contributed by atoms with van der Waals surface area (Å²) in [6.07, 6.45) is 7.01. The van der Waals surface area contributed by atoms with Gasteiger partial charge in [0.05, 0.1) is 18.6 Å². The zero-order valence-electron chi connectivity index (χ0n) is 8.66.